The summed E-state index contributed by atoms with van der Waals surface area (Å²) in [6.45, 7) is 5.17. The monoisotopic (exact) mass is 340 g/mol. The Hall–Kier alpha value is -2.82. The fourth-order valence-corrected chi connectivity index (χ4v) is 2.22. The summed E-state index contributed by atoms with van der Waals surface area (Å²) >= 11 is 0. The molecule has 0 aliphatic carbocycles. The second-order valence-corrected chi connectivity index (χ2v) is 5.87. The number of carbonyl (C=O) groups excluding carboxylic acids is 1. The minimum atomic E-state index is -0.131. The summed E-state index contributed by atoms with van der Waals surface area (Å²) in [4.78, 5) is 16.7. The van der Waals surface area contributed by atoms with Crippen LogP contribution in [0, 0.1) is 0 Å². The number of carbonyl (C=O) groups is 1. The van der Waals surface area contributed by atoms with Crippen molar-refractivity contribution in [1.82, 2.24) is 5.32 Å². The van der Waals surface area contributed by atoms with Gasteiger partial charge in [-0.05, 0) is 41.3 Å². The van der Waals surface area contributed by atoms with E-state index in [1.165, 1.54) is 12.7 Å². The van der Waals surface area contributed by atoms with Gasteiger partial charge in [-0.2, -0.15) is 0 Å². The Morgan fingerprint density at radius 3 is 2.40 bits per heavy atom. The number of nitrogens with zero attached hydrogens (tertiary/aromatic N) is 1. The van der Waals surface area contributed by atoms with Crippen LogP contribution in [0.4, 0.5) is 0 Å². The highest BCUT2D eigenvalue weighted by atomic mass is 16.6. The van der Waals surface area contributed by atoms with E-state index in [0.717, 1.165) is 11.3 Å². The molecular weight excluding hydrogens is 316 g/mol. The predicted octanol–water partition coefficient (Wildman–Crippen LogP) is 3.60. The first-order valence-electron chi connectivity index (χ1n) is 8.27. The summed E-state index contributed by atoms with van der Waals surface area (Å²) in [5.74, 6) is 1.18. The third kappa shape index (κ3) is 5.95. The number of hydrogen-bond donors (Lipinski definition) is 1. The van der Waals surface area contributed by atoms with Gasteiger partial charge >= 0.3 is 0 Å². The summed E-state index contributed by atoms with van der Waals surface area (Å²) in [6.07, 6.45) is 1.58. The minimum absolute atomic E-state index is 0.131. The minimum Gasteiger partial charge on any atom is -0.492 e. The lowest BCUT2D eigenvalue weighted by Gasteiger charge is -2.10. The molecule has 5 heteroatoms. The fourth-order valence-electron chi connectivity index (χ4n) is 2.22. The summed E-state index contributed by atoms with van der Waals surface area (Å²) in [5, 5.41) is 6.52. The largest absolute Gasteiger partial charge is 0.492 e. The van der Waals surface area contributed by atoms with Gasteiger partial charge in [0.1, 0.15) is 19.5 Å². The first-order chi connectivity index (χ1) is 12.1. The number of hydrogen-bond acceptors (Lipinski definition) is 4. The smallest absolute Gasteiger partial charge is 0.251 e. The Bertz CT molecular complexity index is 692. The van der Waals surface area contributed by atoms with Crippen LogP contribution in [0.15, 0.2) is 53.7 Å². The zero-order chi connectivity index (χ0) is 18.1. The highest BCUT2D eigenvalue weighted by Crippen LogP contribution is 2.18. The Labute approximate surface area is 148 Å². The van der Waals surface area contributed by atoms with Crippen LogP contribution in [0.5, 0.6) is 5.75 Å². The highest BCUT2D eigenvalue weighted by Gasteiger charge is 2.05. The summed E-state index contributed by atoms with van der Waals surface area (Å²) in [7, 11) is 1.49. The molecule has 2 aromatic carbocycles. The lowest BCUT2D eigenvalue weighted by Crippen LogP contribution is -2.28. The molecular formula is C20H24N2O3. The van der Waals surface area contributed by atoms with Crippen LogP contribution < -0.4 is 10.1 Å². The van der Waals surface area contributed by atoms with E-state index in [4.69, 9.17) is 4.74 Å². The number of benzene rings is 2. The molecule has 0 unspecified atom stereocenters. The van der Waals surface area contributed by atoms with Crippen LogP contribution in [0.25, 0.3) is 0 Å². The van der Waals surface area contributed by atoms with Crippen LogP contribution >= 0.6 is 0 Å². The molecule has 0 aliphatic heterocycles. The molecule has 132 valence electrons. The number of ether oxygens (including phenoxy) is 1. The van der Waals surface area contributed by atoms with Crippen molar-refractivity contribution in [1.29, 1.82) is 0 Å². The maximum absolute atomic E-state index is 12.1. The molecule has 0 aliphatic rings. The van der Waals surface area contributed by atoms with Gasteiger partial charge in [0, 0.05) is 5.56 Å². The maximum atomic E-state index is 12.1. The van der Waals surface area contributed by atoms with Crippen molar-refractivity contribution in [2.75, 3.05) is 20.3 Å². The SMILES string of the molecule is CO/N=C/c1ccc(C(=O)NCCOc2ccc(C(C)C)cc2)cc1. The molecule has 0 saturated carbocycles. The second-order valence-electron chi connectivity index (χ2n) is 5.87. The first-order valence-corrected chi connectivity index (χ1v) is 8.27. The summed E-state index contributed by atoms with van der Waals surface area (Å²) in [6, 6.07) is 15.2. The zero-order valence-corrected chi connectivity index (χ0v) is 14.9. The van der Waals surface area contributed by atoms with Crippen molar-refractivity contribution in [3.05, 3.63) is 65.2 Å². The maximum Gasteiger partial charge on any atom is 0.251 e. The summed E-state index contributed by atoms with van der Waals surface area (Å²) in [5.41, 5.74) is 2.74. The summed E-state index contributed by atoms with van der Waals surface area (Å²) < 4.78 is 5.64. The van der Waals surface area contributed by atoms with Crippen molar-refractivity contribution in [3.63, 3.8) is 0 Å². The molecule has 2 rings (SSSR count). The van der Waals surface area contributed by atoms with E-state index in [9.17, 15) is 4.79 Å². The van der Waals surface area contributed by atoms with Crippen molar-refractivity contribution >= 4 is 12.1 Å². The quantitative estimate of drug-likeness (QED) is 0.454. The molecule has 0 aromatic heterocycles. The topological polar surface area (TPSA) is 59.9 Å². The molecule has 0 saturated heterocycles. The fraction of sp³-hybridized carbons (Fsp3) is 0.300. The van der Waals surface area contributed by atoms with E-state index in [2.05, 4.69) is 41.3 Å². The molecule has 5 nitrogen and oxygen atoms in total. The van der Waals surface area contributed by atoms with E-state index in [-0.39, 0.29) is 5.91 Å². The van der Waals surface area contributed by atoms with Gasteiger partial charge in [-0.25, -0.2) is 0 Å². The van der Waals surface area contributed by atoms with Crippen LogP contribution in [-0.2, 0) is 4.84 Å². The molecule has 0 bridgehead atoms. The van der Waals surface area contributed by atoms with E-state index >= 15 is 0 Å². The Balaban J connectivity index is 1.75. The first kappa shape index (κ1) is 18.5. The van der Waals surface area contributed by atoms with E-state index < -0.39 is 0 Å². The molecule has 0 atom stereocenters. The van der Waals surface area contributed by atoms with E-state index in [1.54, 1.807) is 18.3 Å². The third-order valence-corrected chi connectivity index (χ3v) is 3.68. The van der Waals surface area contributed by atoms with Crippen molar-refractivity contribution in [2.24, 2.45) is 5.16 Å². The number of rotatable bonds is 8. The Morgan fingerprint density at radius 2 is 1.80 bits per heavy atom. The van der Waals surface area contributed by atoms with Gasteiger partial charge in [0.15, 0.2) is 0 Å². The van der Waals surface area contributed by atoms with Crippen LogP contribution in [0.3, 0.4) is 0 Å². The van der Waals surface area contributed by atoms with E-state index in [1.807, 2.05) is 24.3 Å². The normalized spacial score (nSPS) is 10.9. The molecule has 1 amide bonds. The predicted molar refractivity (Wildman–Crippen MR) is 99.4 cm³/mol. The second kappa shape index (κ2) is 9.47. The Kier molecular flexibility index (Phi) is 7.01. The standard InChI is InChI=1S/C20H24N2O3/c1-15(2)17-8-10-19(11-9-17)25-13-12-21-20(23)18-6-4-16(5-7-18)14-22-24-3/h4-11,14-15H,12-13H2,1-3H3,(H,21,23)/b22-14+. The molecule has 25 heavy (non-hydrogen) atoms. The average Bonchev–Trinajstić information content (AvgIpc) is 2.64. The number of oxime groups is 1. The van der Waals surface area contributed by atoms with E-state index in [0.29, 0.717) is 24.6 Å². The van der Waals surface area contributed by atoms with Gasteiger partial charge in [-0.15, -0.1) is 0 Å². The Morgan fingerprint density at radius 1 is 1.12 bits per heavy atom. The van der Waals surface area contributed by atoms with Gasteiger partial charge in [0.25, 0.3) is 5.91 Å². The zero-order valence-electron chi connectivity index (χ0n) is 14.9. The van der Waals surface area contributed by atoms with Gasteiger partial charge in [0.2, 0.25) is 0 Å². The van der Waals surface area contributed by atoms with Crippen molar-refractivity contribution in [2.45, 2.75) is 19.8 Å². The molecule has 0 heterocycles. The highest BCUT2D eigenvalue weighted by molar-refractivity contribution is 5.95. The molecule has 0 fully saturated rings. The van der Waals surface area contributed by atoms with Gasteiger partial charge in [-0.3, -0.25) is 4.79 Å². The van der Waals surface area contributed by atoms with Gasteiger partial charge in [-0.1, -0.05) is 43.3 Å². The lowest BCUT2D eigenvalue weighted by molar-refractivity contribution is 0.0947. The van der Waals surface area contributed by atoms with Gasteiger partial charge in [0.05, 0.1) is 12.8 Å². The van der Waals surface area contributed by atoms with Crippen LogP contribution in [0.2, 0.25) is 0 Å². The van der Waals surface area contributed by atoms with Crippen LogP contribution in [0.1, 0.15) is 41.3 Å². The molecule has 0 spiro atoms. The lowest BCUT2D eigenvalue weighted by atomic mass is 10.0. The third-order valence-electron chi connectivity index (χ3n) is 3.68. The number of amides is 1. The van der Waals surface area contributed by atoms with Crippen LogP contribution in [-0.4, -0.2) is 32.4 Å². The molecule has 0 radical (unpaired) electrons. The average molecular weight is 340 g/mol. The molecule has 1 N–H and O–H groups in total. The number of nitrogens with one attached hydrogen (secondary N) is 1. The van der Waals surface area contributed by atoms with Crippen molar-refractivity contribution in [3.8, 4) is 5.75 Å². The molecule has 2 aromatic rings. The van der Waals surface area contributed by atoms with Gasteiger partial charge < -0.3 is 14.9 Å². The van der Waals surface area contributed by atoms with Crippen molar-refractivity contribution < 1.29 is 14.4 Å².